The van der Waals surface area contributed by atoms with Crippen molar-refractivity contribution in [2.75, 3.05) is 0 Å². The molecule has 8 heavy (non-hydrogen) atoms. The summed E-state index contributed by atoms with van der Waals surface area (Å²) in [7, 11) is 7.26. The van der Waals surface area contributed by atoms with Gasteiger partial charge < -0.3 is 0 Å². The topological polar surface area (TPSA) is 17.8 Å². The molecule has 1 aromatic heterocycles. The summed E-state index contributed by atoms with van der Waals surface area (Å²) in [6, 6.07) is 0. The Morgan fingerprint density at radius 2 is 2.38 bits per heavy atom. The second-order valence-corrected chi connectivity index (χ2v) is 1.87. The molecule has 0 aromatic carbocycles. The summed E-state index contributed by atoms with van der Waals surface area (Å²) in [5.74, 6) is 0. The quantitative estimate of drug-likeness (QED) is 0.408. The Hall–Kier alpha value is -0.725. The van der Waals surface area contributed by atoms with Crippen LogP contribution in [-0.2, 0) is 7.05 Å². The van der Waals surface area contributed by atoms with Crippen LogP contribution < -0.4 is 5.59 Å². The van der Waals surface area contributed by atoms with Gasteiger partial charge in [-0.1, -0.05) is 0 Å². The van der Waals surface area contributed by atoms with Gasteiger partial charge in [0.05, 0.1) is 0 Å². The summed E-state index contributed by atoms with van der Waals surface area (Å²) in [5.41, 5.74) is 1.65. The lowest BCUT2D eigenvalue weighted by Gasteiger charge is -1.80. The van der Waals surface area contributed by atoms with Crippen LogP contribution in [0.2, 0.25) is 0 Å². The summed E-state index contributed by atoms with van der Waals surface area (Å²) in [6.07, 6.45) is 1.88. The van der Waals surface area contributed by atoms with Gasteiger partial charge in [-0.25, -0.2) is 0 Å². The molecule has 0 aliphatic heterocycles. The number of aromatic nitrogens is 2. The Kier molecular flexibility index (Phi) is 1.12. The standard InChI is InChI=1S/C5H7BN2/c1-4-3-8(2)7-5(4)6/h3H,1-2H3. The van der Waals surface area contributed by atoms with Crippen molar-refractivity contribution in [1.82, 2.24) is 9.78 Å². The molecule has 0 saturated heterocycles. The molecule has 0 aliphatic rings. The van der Waals surface area contributed by atoms with E-state index in [-0.39, 0.29) is 0 Å². The fourth-order valence-corrected chi connectivity index (χ4v) is 0.624. The van der Waals surface area contributed by atoms with E-state index in [2.05, 4.69) is 5.10 Å². The van der Waals surface area contributed by atoms with E-state index in [9.17, 15) is 0 Å². The lowest BCUT2D eigenvalue weighted by Crippen LogP contribution is -2.07. The summed E-state index contributed by atoms with van der Waals surface area (Å²) in [4.78, 5) is 0. The van der Waals surface area contributed by atoms with Gasteiger partial charge in [0.1, 0.15) is 7.85 Å². The molecular formula is C5H7BN2. The van der Waals surface area contributed by atoms with Crippen LogP contribution in [0.5, 0.6) is 0 Å². The van der Waals surface area contributed by atoms with E-state index in [4.69, 9.17) is 7.85 Å². The maximum absolute atomic E-state index is 5.41. The monoisotopic (exact) mass is 106 g/mol. The van der Waals surface area contributed by atoms with Crippen LogP contribution in [0.25, 0.3) is 0 Å². The average Bonchev–Trinajstić information content (AvgIpc) is 1.85. The zero-order chi connectivity index (χ0) is 6.15. The Balaban J connectivity index is 3.14. The minimum absolute atomic E-state index is 0.618. The van der Waals surface area contributed by atoms with Crippen LogP contribution in [0.4, 0.5) is 0 Å². The normalized spacial score (nSPS) is 9.75. The van der Waals surface area contributed by atoms with Gasteiger partial charge in [0.25, 0.3) is 0 Å². The molecule has 0 saturated carbocycles. The smallest absolute Gasteiger partial charge is 0.144 e. The van der Waals surface area contributed by atoms with Crippen molar-refractivity contribution >= 4 is 13.4 Å². The van der Waals surface area contributed by atoms with Gasteiger partial charge in [-0.2, -0.15) is 5.10 Å². The van der Waals surface area contributed by atoms with Crippen LogP contribution in [0, 0.1) is 6.92 Å². The third-order valence-corrected chi connectivity index (χ3v) is 1.05. The lowest BCUT2D eigenvalue weighted by molar-refractivity contribution is 0.775. The van der Waals surface area contributed by atoms with Gasteiger partial charge in [0, 0.05) is 18.8 Å². The van der Waals surface area contributed by atoms with E-state index >= 15 is 0 Å². The highest BCUT2D eigenvalue weighted by Gasteiger charge is 1.92. The van der Waals surface area contributed by atoms with Crippen molar-refractivity contribution in [2.24, 2.45) is 7.05 Å². The number of hydrogen-bond donors (Lipinski definition) is 0. The zero-order valence-corrected chi connectivity index (χ0v) is 5.05. The minimum atomic E-state index is 0.618. The van der Waals surface area contributed by atoms with Crippen LogP contribution >= 0.6 is 0 Å². The van der Waals surface area contributed by atoms with E-state index in [1.165, 1.54) is 0 Å². The molecule has 0 N–H and O–H groups in total. The predicted molar refractivity (Wildman–Crippen MR) is 33.3 cm³/mol. The highest BCUT2D eigenvalue weighted by atomic mass is 15.2. The van der Waals surface area contributed by atoms with Crippen LogP contribution in [0.15, 0.2) is 6.20 Å². The SMILES string of the molecule is [B]c1nn(C)cc1C. The second kappa shape index (κ2) is 1.65. The van der Waals surface area contributed by atoms with E-state index in [1.54, 1.807) is 4.68 Å². The van der Waals surface area contributed by atoms with E-state index < -0.39 is 0 Å². The molecule has 2 radical (unpaired) electrons. The molecular weight excluding hydrogens is 98.9 g/mol. The van der Waals surface area contributed by atoms with Gasteiger partial charge in [-0.05, 0) is 12.5 Å². The van der Waals surface area contributed by atoms with Gasteiger partial charge in [-0.3, -0.25) is 4.68 Å². The zero-order valence-electron chi connectivity index (χ0n) is 5.05. The molecule has 0 spiro atoms. The fraction of sp³-hybridized carbons (Fsp3) is 0.400. The van der Waals surface area contributed by atoms with Crippen molar-refractivity contribution in [1.29, 1.82) is 0 Å². The van der Waals surface area contributed by atoms with Crippen LogP contribution in [0.1, 0.15) is 5.56 Å². The lowest BCUT2D eigenvalue weighted by atomic mass is 10.0. The number of nitrogens with zero attached hydrogens (tertiary/aromatic N) is 2. The molecule has 1 heterocycles. The largest absolute Gasteiger partial charge is 0.276 e. The van der Waals surface area contributed by atoms with Crippen LogP contribution in [-0.4, -0.2) is 17.6 Å². The predicted octanol–water partition coefficient (Wildman–Crippen LogP) is -0.478. The third kappa shape index (κ3) is 0.758. The first-order chi connectivity index (χ1) is 3.70. The van der Waals surface area contributed by atoms with Gasteiger partial charge >= 0.3 is 0 Å². The minimum Gasteiger partial charge on any atom is -0.276 e. The van der Waals surface area contributed by atoms with Crippen molar-refractivity contribution in [3.8, 4) is 0 Å². The summed E-state index contributed by atoms with van der Waals surface area (Å²) in [5, 5.41) is 3.91. The molecule has 2 nitrogen and oxygen atoms in total. The fourth-order valence-electron chi connectivity index (χ4n) is 0.624. The van der Waals surface area contributed by atoms with E-state index in [1.807, 2.05) is 20.2 Å². The third-order valence-electron chi connectivity index (χ3n) is 1.05. The first kappa shape index (κ1) is 5.41. The van der Waals surface area contributed by atoms with Crippen molar-refractivity contribution in [3.63, 3.8) is 0 Å². The maximum atomic E-state index is 5.41. The van der Waals surface area contributed by atoms with E-state index in [0.29, 0.717) is 5.59 Å². The molecule has 0 aliphatic carbocycles. The van der Waals surface area contributed by atoms with Gasteiger partial charge in [-0.15, -0.1) is 0 Å². The molecule has 0 amide bonds. The van der Waals surface area contributed by atoms with Crippen molar-refractivity contribution < 1.29 is 0 Å². The molecule has 0 fully saturated rings. The van der Waals surface area contributed by atoms with Gasteiger partial charge in [0.15, 0.2) is 0 Å². The molecule has 1 aromatic rings. The molecule has 0 atom stereocenters. The summed E-state index contributed by atoms with van der Waals surface area (Å²) >= 11 is 0. The first-order valence-corrected chi connectivity index (χ1v) is 2.46. The Morgan fingerprint density at radius 1 is 1.75 bits per heavy atom. The van der Waals surface area contributed by atoms with Gasteiger partial charge in [0.2, 0.25) is 0 Å². The Bertz CT molecular complexity index is 173. The van der Waals surface area contributed by atoms with Crippen LogP contribution in [0.3, 0.4) is 0 Å². The average molecular weight is 106 g/mol. The number of hydrogen-bond acceptors (Lipinski definition) is 1. The molecule has 1 rings (SSSR count). The highest BCUT2D eigenvalue weighted by Crippen LogP contribution is 1.85. The van der Waals surface area contributed by atoms with Crippen molar-refractivity contribution in [3.05, 3.63) is 11.8 Å². The summed E-state index contributed by atoms with van der Waals surface area (Å²) < 4.78 is 1.70. The Morgan fingerprint density at radius 3 is 2.50 bits per heavy atom. The molecule has 40 valence electrons. The first-order valence-electron chi connectivity index (χ1n) is 2.46. The van der Waals surface area contributed by atoms with Crippen molar-refractivity contribution in [2.45, 2.75) is 6.92 Å². The highest BCUT2D eigenvalue weighted by molar-refractivity contribution is 6.31. The Labute approximate surface area is 49.9 Å². The number of rotatable bonds is 0. The van der Waals surface area contributed by atoms with E-state index in [0.717, 1.165) is 5.56 Å². The molecule has 0 unspecified atom stereocenters. The number of aryl methyl sites for hydroxylation is 2. The maximum Gasteiger partial charge on any atom is 0.144 e. The summed E-state index contributed by atoms with van der Waals surface area (Å²) in [6.45, 7) is 1.93. The molecule has 3 heteroatoms. The molecule has 0 bridgehead atoms. The second-order valence-electron chi connectivity index (χ2n) is 1.87.